The molecule has 0 saturated heterocycles. The van der Waals surface area contributed by atoms with E-state index in [1.54, 1.807) is 6.08 Å². The second-order valence-electron chi connectivity index (χ2n) is 3.01. The number of para-hydroxylation sites is 1. The van der Waals surface area contributed by atoms with Crippen LogP contribution in [0.25, 0.3) is 6.08 Å². The van der Waals surface area contributed by atoms with E-state index >= 15 is 0 Å². The Labute approximate surface area is 71.1 Å². The van der Waals surface area contributed by atoms with Gasteiger partial charge in [-0.3, -0.25) is 0 Å². The van der Waals surface area contributed by atoms with Crippen molar-refractivity contribution in [2.75, 3.05) is 18.5 Å². The molecule has 0 unspecified atom stereocenters. The predicted molar refractivity (Wildman–Crippen MR) is 48.8 cm³/mol. The van der Waals surface area contributed by atoms with E-state index in [1.807, 2.05) is 36.2 Å². The number of halogens is 1. The van der Waals surface area contributed by atoms with Gasteiger partial charge in [0, 0.05) is 18.3 Å². The molecule has 1 aliphatic heterocycles. The summed E-state index contributed by atoms with van der Waals surface area (Å²) in [6.45, 7) is 0.386. The Bertz CT molecular complexity index is 330. The Balaban J connectivity index is 2.55. The number of hydrogen-bond acceptors (Lipinski definition) is 1. The lowest BCUT2D eigenvalue weighted by Gasteiger charge is -2.24. The van der Waals surface area contributed by atoms with Gasteiger partial charge in [0.05, 0.1) is 6.54 Å². The third-order valence-corrected chi connectivity index (χ3v) is 2.05. The van der Waals surface area contributed by atoms with Crippen LogP contribution in [0.4, 0.5) is 10.1 Å². The number of nitrogens with zero attached hydrogens (tertiary/aromatic N) is 1. The highest BCUT2D eigenvalue weighted by molar-refractivity contribution is 5.71. The summed E-state index contributed by atoms with van der Waals surface area (Å²) in [5.41, 5.74) is 2.06. The highest BCUT2D eigenvalue weighted by atomic mass is 19.1. The molecule has 1 aromatic rings. The minimum absolute atomic E-state index is 0.0730. The Kier molecular flexibility index (Phi) is 1.61. The Morgan fingerprint density at radius 1 is 1.33 bits per heavy atom. The average Bonchev–Trinajstić information content (AvgIpc) is 2.04. The maximum absolute atomic E-state index is 12.9. The van der Waals surface area contributed by atoms with Gasteiger partial charge in [-0.1, -0.05) is 18.2 Å². The average molecular weight is 163 g/mol. The number of hydrogen-bond donors (Lipinski definition) is 0. The zero-order chi connectivity index (χ0) is 8.55. The molecule has 0 bridgehead atoms. The molecule has 0 spiro atoms. The van der Waals surface area contributed by atoms with Gasteiger partial charge < -0.3 is 4.90 Å². The number of benzene rings is 1. The van der Waals surface area contributed by atoms with Gasteiger partial charge >= 0.3 is 0 Å². The van der Waals surface area contributed by atoms with Crippen molar-refractivity contribution in [3.05, 3.63) is 35.7 Å². The molecule has 1 aromatic carbocycles. The third kappa shape index (κ3) is 1.09. The molecule has 12 heavy (non-hydrogen) atoms. The number of rotatable bonds is 0. The second kappa shape index (κ2) is 2.63. The van der Waals surface area contributed by atoms with E-state index in [0.29, 0.717) is 6.54 Å². The van der Waals surface area contributed by atoms with Gasteiger partial charge in [-0.15, -0.1) is 0 Å². The molecule has 0 atom stereocenters. The molecule has 0 aromatic heterocycles. The number of fused-ring (bicyclic) bond motifs is 1. The van der Waals surface area contributed by atoms with Crippen molar-refractivity contribution in [2.45, 2.75) is 0 Å². The smallest absolute Gasteiger partial charge is 0.120 e. The van der Waals surface area contributed by atoms with E-state index in [0.717, 1.165) is 11.3 Å². The van der Waals surface area contributed by atoms with Crippen LogP contribution in [0.5, 0.6) is 0 Å². The van der Waals surface area contributed by atoms with Gasteiger partial charge in [-0.2, -0.15) is 0 Å². The highest BCUT2D eigenvalue weighted by Crippen LogP contribution is 2.27. The van der Waals surface area contributed by atoms with Gasteiger partial charge in [0.2, 0.25) is 0 Å². The monoisotopic (exact) mass is 163 g/mol. The summed E-state index contributed by atoms with van der Waals surface area (Å²) in [6, 6.07) is 7.80. The summed E-state index contributed by atoms with van der Waals surface area (Å²) in [5, 5.41) is 0. The lowest BCUT2D eigenvalue weighted by atomic mass is 10.1. The molecule has 62 valence electrons. The molecule has 0 radical (unpaired) electrons. The Morgan fingerprint density at radius 2 is 2.08 bits per heavy atom. The SMILES string of the molecule is CN1CC(F)=Cc2ccccc21. The maximum atomic E-state index is 12.9. The van der Waals surface area contributed by atoms with E-state index in [9.17, 15) is 4.39 Å². The van der Waals surface area contributed by atoms with E-state index in [-0.39, 0.29) is 5.83 Å². The van der Waals surface area contributed by atoms with Crippen molar-refractivity contribution >= 4 is 11.8 Å². The van der Waals surface area contributed by atoms with Crippen LogP contribution >= 0.6 is 0 Å². The quantitative estimate of drug-likeness (QED) is 0.567. The van der Waals surface area contributed by atoms with Crippen LogP contribution in [0.1, 0.15) is 5.56 Å². The molecule has 0 aliphatic carbocycles. The van der Waals surface area contributed by atoms with Crippen LogP contribution in [0.2, 0.25) is 0 Å². The zero-order valence-corrected chi connectivity index (χ0v) is 6.92. The second-order valence-corrected chi connectivity index (χ2v) is 3.01. The molecule has 1 heterocycles. The topological polar surface area (TPSA) is 3.24 Å². The fourth-order valence-electron chi connectivity index (χ4n) is 1.48. The van der Waals surface area contributed by atoms with Crippen molar-refractivity contribution in [3.8, 4) is 0 Å². The first kappa shape index (κ1) is 7.35. The van der Waals surface area contributed by atoms with E-state index in [2.05, 4.69) is 0 Å². The summed E-state index contributed by atoms with van der Waals surface area (Å²) < 4.78 is 12.9. The van der Waals surface area contributed by atoms with Gasteiger partial charge in [-0.05, 0) is 12.1 Å². The van der Waals surface area contributed by atoms with E-state index in [1.165, 1.54) is 0 Å². The Morgan fingerprint density at radius 3 is 2.92 bits per heavy atom. The number of likely N-dealkylation sites (N-methyl/N-ethyl adjacent to an activating group) is 1. The lowest BCUT2D eigenvalue weighted by Crippen LogP contribution is -2.22. The molecular weight excluding hydrogens is 153 g/mol. The van der Waals surface area contributed by atoms with Crippen molar-refractivity contribution in [2.24, 2.45) is 0 Å². The summed E-state index contributed by atoms with van der Waals surface area (Å²) in [6.07, 6.45) is 1.59. The normalized spacial score (nSPS) is 15.5. The molecule has 2 rings (SSSR count). The number of anilines is 1. The molecule has 1 aliphatic rings. The first-order valence-corrected chi connectivity index (χ1v) is 3.93. The molecular formula is C10H10FN. The molecule has 1 nitrogen and oxygen atoms in total. The van der Waals surface area contributed by atoms with Crippen molar-refractivity contribution in [1.82, 2.24) is 0 Å². The fraction of sp³-hybridized carbons (Fsp3) is 0.200. The summed E-state index contributed by atoms with van der Waals surface area (Å²) in [5.74, 6) is -0.0730. The first-order chi connectivity index (χ1) is 5.77. The standard InChI is InChI=1S/C10H10FN/c1-12-7-9(11)6-8-4-2-3-5-10(8)12/h2-6H,7H2,1H3. The molecule has 0 N–H and O–H groups in total. The lowest BCUT2D eigenvalue weighted by molar-refractivity contribution is 0.614. The van der Waals surface area contributed by atoms with Gasteiger partial charge in [0.15, 0.2) is 0 Å². The zero-order valence-electron chi connectivity index (χ0n) is 6.92. The third-order valence-electron chi connectivity index (χ3n) is 2.05. The summed E-state index contributed by atoms with van der Waals surface area (Å²) in [7, 11) is 1.89. The Hall–Kier alpha value is -1.31. The van der Waals surface area contributed by atoms with Crippen molar-refractivity contribution in [3.63, 3.8) is 0 Å². The summed E-state index contributed by atoms with van der Waals surface area (Å²) in [4.78, 5) is 1.91. The molecule has 0 amide bonds. The molecule has 0 fully saturated rings. The first-order valence-electron chi connectivity index (χ1n) is 3.93. The predicted octanol–water partition coefficient (Wildman–Crippen LogP) is 2.45. The van der Waals surface area contributed by atoms with Crippen LogP contribution in [0, 0.1) is 0 Å². The van der Waals surface area contributed by atoms with Crippen LogP contribution in [-0.2, 0) is 0 Å². The van der Waals surface area contributed by atoms with Gasteiger partial charge in [-0.25, -0.2) is 4.39 Å². The van der Waals surface area contributed by atoms with Crippen molar-refractivity contribution in [1.29, 1.82) is 0 Å². The minimum atomic E-state index is -0.0730. The van der Waals surface area contributed by atoms with Crippen LogP contribution in [0.15, 0.2) is 30.1 Å². The van der Waals surface area contributed by atoms with Crippen LogP contribution < -0.4 is 4.90 Å². The maximum Gasteiger partial charge on any atom is 0.120 e. The van der Waals surface area contributed by atoms with Crippen molar-refractivity contribution < 1.29 is 4.39 Å². The molecule has 2 heteroatoms. The van der Waals surface area contributed by atoms with Crippen LogP contribution in [-0.4, -0.2) is 13.6 Å². The van der Waals surface area contributed by atoms with Crippen LogP contribution in [0.3, 0.4) is 0 Å². The minimum Gasteiger partial charge on any atom is -0.367 e. The van der Waals surface area contributed by atoms with E-state index < -0.39 is 0 Å². The van der Waals surface area contributed by atoms with E-state index in [4.69, 9.17) is 0 Å². The highest BCUT2D eigenvalue weighted by Gasteiger charge is 2.12. The van der Waals surface area contributed by atoms with Gasteiger partial charge in [0.25, 0.3) is 0 Å². The fourth-order valence-corrected chi connectivity index (χ4v) is 1.48. The largest absolute Gasteiger partial charge is 0.367 e. The molecule has 0 saturated carbocycles. The van der Waals surface area contributed by atoms with Gasteiger partial charge in [0.1, 0.15) is 5.83 Å². The summed E-state index contributed by atoms with van der Waals surface area (Å²) >= 11 is 0.